The second kappa shape index (κ2) is 10.4. The van der Waals surface area contributed by atoms with Gasteiger partial charge in [-0.05, 0) is 20.8 Å². The Morgan fingerprint density at radius 1 is 0.955 bits per heavy atom. The van der Waals surface area contributed by atoms with Crippen LogP contribution < -0.4 is 10.6 Å². The summed E-state index contributed by atoms with van der Waals surface area (Å²) in [4.78, 5) is 46.1. The fourth-order valence-corrected chi connectivity index (χ4v) is 1.45. The predicted molar refractivity (Wildman–Crippen MR) is 74.8 cm³/mol. The van der Waals surface area contributed by atoms with Crippen molar-refractivity contribution in [1.29, 1.82) is 0 Å². The van der Waals surface area contributed by atoms with E-state index in [1.54, 1.807) is 13.8 Å². The summed E-state index contributed by atoms with van der Waals surface area (Å²) in [6, 6.07) is -2.92. The van der Waals surface area contributed by atoms with Crippen LogP contribution in [0, 0.1) is 0 Å². The summed E-state index contributed by atoms with van der Waals surface area (Å²) in [5.74, 6) is -2.06. The first-order valence-corrected chi connectivity index (χ1v) is 6.82. The predicted octanol–water partition coefficient (Wildman–Crippen LogP) is -0.268. The Morgan fingerprint density at radius 3 is 2.05 bits per heavy atom. The number of amides is 2. The van der Waals surface area contributed by atoms with Crippen molar-refractivity contribution in [3.05, 3.63) is 0 Å². The molecule has 0 aromatic carbocycles. The molecule has 2 amide bonds. The maximum Gasteiger partial charge on any atom is 0.329 e. The highest BCUT2D eigenvalue weighted by Crippen LogP contribution is 1.99. The summed E-state index contributed by atoms with van der Waals surface area (Å²) in [7, 11) is 1.18. The first kappa shape index (κ1) is 19.7. The molecule has 0 rings (SSSR count). The number of esters is 3. The van der Waals surface area contributed by atoms with E-state index in [9.17, 15) is 19.2 Å². The average molecular weight is 318 g/mol. The number of carbonyl (C=O) groups excluding carboxylic acids is 4. The first-order chi connectivity index (χ1) is 10.3. The van der Waals surface area contributed by atoms with E-state index >= 15 is 0 Å². The van der Waals surface area contributed by atoms with Crippen molar-refractivity contribution < 1.29 is 33.4 Å². The highest BCUT2D eigenvalue weighted by Gasteiger charge is 2.27. The van der Waals surface area contributed by atoms with Crippen LogP contribution in [0.4, 0.5) is 4.79 Å². The lowest BCUT2D eigenvalue weighted by atomic mass is 10.2. The smallest absolute Gasteiger partial charge is 0.329 e. The lowest BCUT2D eigenvalue weighted by Crippen LogP contribution is -2.51. The number of nitrogens with one attached hydrogen (secondary N) is 2. The Balaban J connectivity index is 4.68. The molecule has 0 spiro atoms. The van der Waals surface area contributed by atoms with Gasteiger partial charge < -0.3 is 24.8 Å². The third kappa shape index (κ3) is 7.46. The van der Waals surface area contributed by atoms with E-state index in [4.69, 9.17) is 9.47 Å². The summed E-state index contributed by atoms with van der Waals surface area (Å²) >= 11 is 0. The first-order valence-electron chi connectivity index (χ1n) is 6.82. The van der Waals surface area contributed by atoms with Crippen molar-refractivity contribution in [1.82, 2.24) is 10.6 Å². The number of hydrogen-bond donors (Lipinski definition) is 2. The molecule has 0 aromatic rings. The Kier molecular flexibility index (Phi) is 9.31. The van der Waals surface area contributed by atoms with E-state index in [0.29, 0.717) is 0 Å². The van der Waals surface area contributed by atoms with E-state index in [1.807, 2.05) is 0 Å². The van der Waals surface area contributed by atoms with Crippen molar-refractivity contribution >= 4 is 23.9 Å². The molecule has 0 aromatic heterocycles. The number of ether oxygens (including phenoxy) is 3. The van der Waals surface area contributed by atoms with Gasteiger partial charge in [-0.2, -0.15) is 0 Å². The minimum Gasteiger partial charge on any atom is -0.467 e. The summed E-state index contributed by atoms with van der Waals surface area (Å²) in [6.07, 6.45) is -0.368. The van der Waals surface area contributed by atoms with Crippen LogP contribution in [0.1, 0.15) is 27.2 Å². The molecule has 0 heterocycles. The van der Waals surface area contributed by atoms with Gasteiger partial charge in [0.05, 0.1) is 26.7 Å². The molecule has 0 saturated carbocycles. The third-order valence-corrected chi connectivity index (χ3v) is 2.45. The molecular formula is C13H22N2O7. The number of rotatable bonds is 8. The highest BCUT2D eigenvalue weighted by atomic mass is 16.5. The lowest BCUT2D eigenvalue weighted by molar-refractivity contribution is -0.152. The number of methoxy groups -OCH3 is 1. The molecule has 2 N–H and O–H groups in total. The maximum absolute atomic E-state index is 11.7. The molecule has 0 fully saturated rings. The lowest BCUT2D eigenvalue weighted by Gasteiger charge is -2.18. The molecule has 2 atom stereocenters. The van der Waals surface area contributed by atoms with Crippen molar-refractivity contribution in [2.45, 2.75) is 39.3 Å². The zero-order valence-electron chi connectivity index (χ0n) is 13.1. The third-order valence-electron chi connectivity index (χ3n) is 2.45. The van der Waals surface area contributed by atoms with E-state index < -0.39 is 36.0 Å². The molecule has 9 heteroatoms. The Bertz CT molecular complexity index is 411. The maximum atomic E-state index is 11.7. The van der Waals surface area contributed by atoms with Gasteiger partial charge in [0.2, 0.25) is 0 Å². The minimum atomic E-state index is -1.20. The molecule has 0 aliphatic carbocycles. The fraction of sp³-hybridized carbons (Fsp3) is 0.692. The van der Waals surface area contributed by atoms with Gasteiger partial charge in [-0.15, -0.1) is 0 Å². The van der Waals surface area contributed by atoms with Gasteiger partial charge in [-0.25, -0.2) is 14.4 Å². The highest BCUT2D eigenvalue weighted by molar-refractivity contribution is 5.89. The molecule has 126 valence electrons. The number of hydrogen-bond acceptors (Lipinski definition) is 7. The SMILES string of the molecule is CCOC(=O)C[C@H](NC(=O)N[C@@H](C)C(=O)OC)C(=O)OCC. The van der Waals surface area contributed by atoms with Crippen molar-refractivity contribution in [3.63, 3.8) is 0 Å². The van der Waals surface area contributed by atoms with Crippen LogP contribution >= 0.6 is 0 Å². The molecule has 0 saturated heterocycles. The molecule has 0 radical (unpaired) electrons. The summed E-state index contributed by atoms with van der Waals surface area (Å²) in [6.45, 7) is 4.88. The van der Waals surface area contributed by atoms with Crippen molar-refractivity contribution in [2.24, 2.45) is 0 Å². The van der Waals surface area contributed by atoms with Gasteiger partial charge in [-0.1, -0.05) is 0 Å². The largest absolute Gasteiger partial charge is 0.467 e. The Morgan fingerprint density at radius 2 is 1.55 bits per heavy atom. The monoisotopic (exact) mass is 318 g/mol. The normalized spacial score (nSPS) is 12.5. The van der Waals surface area contributed by atoms with E-state index in [2.05, 4.69) is 15.4 Å². The zero-order valence-corrected chi connectivity index (χ0v) is 13.1. The van der Waals surface area contributed by atoms with Crippen LogP contribution in [0.3, 0.4) is 0 Å². The zero-order chi connectivity index (χ0) is 17.1. The van der Waals surface area contributed by atoms with E-state index in [0.717, 1.165) is 0 Å². The van der Waals surface area contributed by atoms with E-state index in [1.165, 1.54) is 14.0 Å². The Labute approximate surface area is 128 Å². The fourth-order valence-electron chi connectivity index (χ4n) is 1.45. The van der Waals surface area contributed by atoms with Gasteiger partial charge in [0.15, 0.2) is 0 Å². The standard InChI is InChI=1S/C13H22N2O7/c1-5-21-10(16)7-9(12(18)22-6-2)15-13(19)14-8(3)11(17)20-4/h8-9H,5-7H2,1-4H3,(H2,14,15,19)/t8-,9-/m0/s1. The quantitative estimate of drug-likeness (QED) is 0.467. The van der Waals surface area contributed by atoms with E-state index in [-0.39, 0.29) is 19.6 Å². The van der Waals surface area contributed by atoms with Crippen LogP contribution in [0.2, 0.25) is 0 Å². The average Bonchev–Trinajstić information content (AvgIpc) is 2.45. The van der Waals surface area contributed by atoms with Crippen LogP contribution in [0.25, 0.3) is 0 Å². The topological polar surface area (TPSA) is 120 Å². The van der Waals surface area contributed by atoms with Gasteiger partial charge in [0.25, 0.3) is 0 Å². The second-order valence-corrected chi connectivity index (χ2v) is 4.18. The van der Waals surface area contributed by atoms with Crippen molar-refractivity contribution in [3.8, 4) is 0 Å². The van der Waals surface area contributed by atoms with Gasteiger partial charge in [-0.3, -0.25) is 4.79 Å². The number of carbonyl (C=O) groups is 4. The minimum absolute atomic E-state index is 0.0972. The molecule has 22 heavy (non-hydrogen) atoms. The molecule has 0 aliphatic rings. The molecule has 9 nitrogen and oxygen atoms in total. The van der Waals surface area contributed by atoms with Gasteiger partial charge in [0.1, 0.15) is 12.1 Å². The van der Waals surface area contributed by atoms with Gasteiger partial charge in [0, 0.05) is 0 Å². The summed E-state index contributed by atoms with van der Waals surface area (Å²) in [5, 5.41) is 4.55. The second-order valence-electron chi connectivity index (χ2n) is 4.18. The summed E-state index contributed by atoms with van der Waals surface area (Å²) in [5.41, 5.74) is 0. The van der Waals surface area contributed by atoms with Crippen LogP contribution in [-0.2, 0) is 28.6 Å². The number of urea groups is 1. The molecular weight excluding hydrogens is 296 g/mol. The van der Waals surface area contributed by atoms with Crippen molar-refractivity contribution in [2.75, 3.05) is 20.3 Å². The molecule has 0 bridgehead atoms. The van der Waals surface area contributed by atoms with Crippen LogP contribution in [-0.4, -0.2) is 56.3 Å². The molecule has 0 unspecified atom stereocenters. The molecule has 0 aliphatic heterocycles. The van der Waals surface area contributed by atoms with Crippen LogP contribution in [0.5, 0.6) is 0 Å². The Hall–Kier alpha value is -2.32. The summed E-state index contributed by atoms with van der Waals surface area (Å²) < 4.78 is 14.0. The van der Waals surface area contributed by atoms with Gasteiger partial charge >= 0.3 is 23.9 Å². The van der Waals surface area contributed by atoms with Crippen LogP contribution in [0.15, 0.2) is 0 Å².